The van der Waals surface area contributed by atoms with E-state index in [1.54, 1.807) is 18.4 Å². The van der Waals surface area contributed by atoms with Gasteiger partial charge in [-0.1, -0.05) is 12.1 Å². The highest BCUT2D eigenvalue weighted by molar-refractivity contribution is 7.08. The number of methoxy groups -OCH3 is 1. The number of aliphatic hydroxyl groups is 1. The third kappa shape index (κ3) is 3.83. The molecule has 0 saturated heterocycles. The van der Waals surface area contributed by atoms with Crippen LogP contribution in [0.15, 0.2) is 41.1 Å². The number of thiophene rings is 1. The van der Waals surface area contributed by atoms with Crippen molar-refractivity contribution in [2.75, 3.05) is 13.7 Å². The van der Waals surface area contributed by atoms with Crippen LogP contribution in [0, 0.1) is 0 Å². The number of carbonyl (C=O) groups excluding carboxylic acids is 1. The first-order valence-electron chi connectivity index (χ1n) is 6.73. The Balaban J connectivity index is 2.09. The van der Waals surface area contributed by atoms with Crippen LogP contribution in [0.2, 0.25) is 0 Å². The maximum Gasteiger partial charge on any atom is 0.227 e. The van der Waals surface area contributed by atoms with Gasteiger partial charge >= 0.3 is 0 Å². The van der Waals surface area contributed by atoms with Gasteiger partial charge in [-0.25, -0.2) is 0 Å². The second-order valence-corrected chi connectivity index (χ2v) is 5.58. The number of rotatable bonds is 6. The first kappa shape index (κ1) is 15.5. The third-order valence-corrected chi connectivity index (χ3v) is 4.13. The van der Waals surface area contributed by atoms with Crippen molar-refractivity contribution in [3.8, 4) is 5.75 Å². The number of aliphatic hydroxyl groups excluding tert-OH is 1. The highest BCUT2D eigenvalue weighted by atomic mass is 32.1. The second-order valence-electron chi connectivity index (χ2n) is 4.80. The predicted molar refractivity (Wildman–Crippen MR) is 83.7 cm³/mol. The van der Waals surface area contributed by atoms with Crippen LogP contribution in [0.1, 0.15) is 30.0 Å². The number of hydrogen-bond donors (Lipinski definition) is 2. The van der Waals surface area contributed by atoms with E-state index in [-0.39, 0.29) is 18.4 Å². The molecular formula is C16H19NO3S. The minimum atomic E-state index is -0.436. The second kappa shape index (κ2) is 7.24. The summed E-state index contributed by atoms with van der Waals surface area (Å²) in [6, 6.07) is 8.84. The van der Waals surface area contributed by atoms with Crippen molar-refractivity contribution in [1.29, 1.82) is 0 Å². The van der Waals surface area contributed by atoms with Gasteiger partial charge in [-0.05, 0) is 47.0 Å². The molecule has 112 valence electrons. The average Bonchev–Trinajstić information content (AvgIpc) is 3.06. The molecule has 0 aliphatic carbocycles. The van der Waals surface area contributed by atoms with Gasteiger partial charge in [0.1, 0.15) is 5.75 Å². The topological polar surface area (TPSA) is 58.6 Å². The van der Waals surface area contributed by atoms with E-state index in [0.717, 1.165) is 11.1 Å². The number of amides is 1. The molecule has 0 bridgehead atoms. The monoisotopic (exact) mass is 305 g/mol. The first-order valence-corrected chi connectivity index (χ1v) is 7.67. The minimum absolute atomic E-state index is 0.102. The smallest absolute Gasteiger partial charge is 0.227 e. The lowest BCUT2D eigenvalue weighted by Crippen LogP contribution is -2.33. The van der Waals surface area contributed by atoms with E-state index in [1.807, 2.05) is 48.0 Å². The summed E-state index contributed by atoms with van der Waals surface area (Å²) in [5, 5.41) is 16.3. The van der Waals surface area contributed by atoms with E-state index in [0.29, 0.717) is 5.75 Å². The van der Waals surface area contributed by atoms with E-state index in [4.69, 9.17) is 4.74 Å². The lowest BCUT2D eigenvalue weighted by atomic mass is 10.0. The zero-order valence-electron chi connectivity index (χ0n) is 12.1. The molecule has 0 radical (unpaired) electrons. The van der Waals surface area contributed by atoms with E-state index < -0.39 is 6.04 Å². The lowest BCUT2D eigenvalue weighted by molar-refractivity contribution is -0.123. The number of hydrogen-bond acceptors (Lipinski definition) is 4. The number of ether oxygens (including phenoxy) is 1. The van der Waals surface area contributed by atoms with Gasteiger partial charge in [0.05, 0.1) is 25.7 Å². The third-order valence-electron chi connectivity index (χ3n) is 3.43. The molecule has 0 spiro atoms. The molecule has 2 atom stereocenters. The standard InChI is InChI=1S/C16H19NO3S/c1-11(13-6-7-21-10-13)16(19)17-15(9-18)12-4-3-5-14(8-12)20-2/h3-8,10-11,15,18H,9H2,1-2H3,(H,17,19). The van der Waals surface area contributed by atoms with Crippen molar-refractivity contribution in [2.45, 2.75) is 18.9 Å². The molecule has 2 aromatic rings. The Morgan fingerprint density at radius 2 is 2.19 bits per heavy atom. The van der Waals surface area contributed by atoms with Crippen molar-refractivity contribution >= 4 is 17.2 Å². The molecule has 1 amide bonds. The summed E-state index contributed by atoms with van der Waals surface area (Å²) in [6.07, 6.45) is 0. The molecule has 4 nitrogen and oxygen atoms in total. The van der Waals surface area contributed by atoms with Crippen molar-refractivity contribution in [3.05, 3.63) is 52.2 Å². The molecule has 1 heterocycles. The molecule has 2 rings (SSSR count). The summed E-state index contributed by atoms with van der Waals surface area (Å²) < 4.78 is 5.17. The van der Waals surface area contributed by atoms with Gasteiger partial charge in [-0.15, -0.1) is 0 Å². The Bertz CT molecular complexity index is 583. The molecule has 1 aromatic heterocycles. The minimum Gasteiger partial charge on any atom is -0.497 e. The zero-order valence-corrected chi connectivity index (χ0v) is 12.9. The van der Waals surface area contributed by atoms with Crippen LogP contribution in [-0.2, 0) is 4.79 Å². The van der Waals surface area contributed by atoms with Gasteiger partial charge < -0.3 is 15.2 Å². The number of carbonyl (C=O) groups is 1. The maximum absolute atomic E-state index is 12.3. The molecule has 2 N–H and O–H groups in total. The molecule has 0 saturated carbocycles. The van der Waals surface area contributed by atoms with Crippen LogP contribution < -0.4 is 10.1 Å². The summed E-state index contributed by atoms with van der Waals surface area (Å²) in [7, 11) is 1.59. The highest BCUT2D eigenvalue weighted by Gasteiger charge is 2.20. The van der Waals surface area contributed by atoms with Crippen LogP contribution in [0.3, 0.4) is 0 Å². The maximum atomic E-state index is 12.3. The Kier molecular flexibility index (Phi) is 5.36. The Morgan fingerprint density at radius 1 is 1.38 bits per heavy atom. The predicted octanol–water partition coefficient (Wildman–Crippen LogP) is 2.71. The largest absolute Gasteiger partial charge is 0.497 e. The lowest BCUT2D eigenvalue weighted by Gasteiger charge is -2.20. The number of benzene rings is 1. The summed E-state index contributed by atoms with van der Waals surface area (Å²) in [6.45, 7) is 1.70. The zero-order chi connectivity index (χ0) is 15.2. The van der Waals surface area contributed by atoms with Crippen LogP contribution in [0.4, 0.5) is 0 Å². The fraction of sp³-hybridized carbons (Fsp3) is 0.312. The van der Waals surface area contributed by atoms with Crippen LogP contribution in [-0.4, -0.2) is 24.7 Å². The molecule has 1 aromatic carbocycles. The molecule has 0 aliphatic rings. The van der Waals surface area contributed by atoms with Crippen LogP contribution in [0.5, 0.6) is 5.75 Å². The van der Waals surface area contributed by atoms with Gasteiger partial charge in [0.15, 0.2) is 0 Å². The molecule has 0 fully saturated rings. The van der Waals surface area contributed by atoms with Gasteiger partial charge in [-0.2, -0.15) is 11.3 Å². The van der Waals surface area contributed by atoms with Gasteiger partial charge in [0.2, 0.25) is 5.91 Å². The Morgan fingerprint density at radius 3 is 2.81 bits per heavy atom. The molecule has 5 heteroatoms. The quantitative estimate of drug-likeness (QED) is 0.862. The molecule has 21 heavy (non-hydrogen) atoms. The van der Waals surface area contributed by atoms with Crippen molar-refractivity contribution in [2.24, 2.45) is 0 Å². The normalized spacial score (nSPS) is 13.5. The van der Waals surface area contributed by atoms with Crippen LogP contribution in [0.25, 0.3) is 0 Å². The fourth-order valence-electron chi connectivity index (χ4n) is 2.06. The van der Waals surface area contributed by atoms with Crippen LogP contribution >= 0.6 is 11.3 Å². The highest BCUT2D eigenvalue weighted by Crippen LogP contribution is 2.22. The summed E-state index contributed by atoms with van der Waals surface area (Å²) >= 11 is 1.57. The molecule has 2 unspecified atom stereocenters. The Hall–Kier alpha value is -1.85. The van der Waals surface area contributed by atoms with Crippen molar-refractivity contribution < 1.29 is 14.6 Å². The fourth-order valence-corrected chi connectivity index (χ4v) is 2.82. The Labute approximate surface area is 128 Å². The summed E-state index contributed by atoms with van der Waals surface area (Å²) in [5.41, 5.74) is 1.81. The average molecular weight is 305 g/mol. The summed E-state index contributed by atoms with van der Waals surface area (Å²) in [4.78, 5) is 12.3. The van der Waals surface area contributed by atoms with E-state index in [2.05, 4.69) is 5.32 Å². The first-order chi connectivity index (χ1) is 10.2. The van der Waals surface area contributed by atoms with Crippen molar-refractivity contribution in [3.63, 3.8) is 0 Å². The number of nitrogens with one attached hydrogen (secondary N) is 1. The van der Waals surface area contributed by atoms with Gasteiger partial charge in [0.25, 0.3) is 0 Å². The van der Waals surface area contributed by atoms with Crippen molar-refractivity contribution in [1.82, 2.24) is 5.32 Å². The van der Waals surface area contributed by atoms with Gasteiger partial charge in [-0.3, -0.25) is 4.79 Å². The molecule has 0 aliphatic heterocycles. The van der Waals surface area contributed by atoms with E-state index in [9.17, 15) is 9.90 Å². The molecular weight excluding hydrogens is 286 g/mol. The SMILES string of the molecule is COc1cccc(C(CO)NC(=O)C(C)c2ccsc2)c1. The van der Waals surface area contributed by atoms with E-state index >= 15 is 0 Å². The summed E-state index contributed by atoms with van der Waals surface area (Å²) in [5.74, 6) is 0.359. The van der Waals surface area contributed by atoms with E-state index in [1.165, 1.54) is 0 Å². The van der Waals surface area contributed by atoms with Gasteiger partial charge in [0, 0.05) is 0 Å².